The fourth-order valence-electron chi connectivity index (χ4n) is 2.03. The number of rotatable bonds is 6. The van der Waals surface area contributed by atoms with Crippen molar-refractivity contribution < 1.29 is 19.1 Å². The second-order valence-corrected chi connectivity index (χ2v) is 4.45. The van der Waals surface area contributed by atoms with Gasteiger partial charge in [0.15, 0.2) is 5.71 Å². The Kier molecular flexibility index (Phi) is 5.57. The molecule has 2 rings (SSSR count). The summed E-state index contributed by atoms with van der Waals surface area (Å²) >= 11 is 0. The molecular weight excluding hydrogens is 296 g/mol. The van der Waals surface area contributed by atoms with E-state index in [-0.39, 0.29) is 5.71 Å². The maximum absolute atomic E-state index is 12.1. The molecule has 0 aliphatic rings. The van der Waals surface area contributed by atoms with Crippen molar-refractivity contribution in [2.24, 2.45) is 5.16 Å². The van der Waals surface area contributed by atoms with Crippen LogP contribution in [0.2, 0.25) is 0 Å². The minimum Gasteiger partial charge on any atom is -0.496 e. The molecule has 120 valence electrons. The van der Waals surface area contributed by atoms with Crippen molar-refractivity contribution in [3.63, 3.8) is 0 Å². The van der Waals surface area contributed by atoms with E-state index < -0.39 is 5.91 Å². The van der Waals surface area contributed by atoms with Crippen LogP contribution >= 0.6 is 0 Å². The van der Waals surface area contributed by atoms with Gasteiger partial charge in [-0.2, -0.15) is 0 Å². The summed E-state index contributed by atoms with van der Waals surface area (Å²) in [5, 5.41) is 6.35. The summed E-state index contributed by atoms with van der Waals surface area (Å²) in [4.78, 5) is 16.9. The molecule has 2 aromatic rings. The highest BCUT2D eigenvalue weighted by molar-refractivity contribution is 6.46. The van der Waals surface area contributed by atoms with Crippen LogP contribution in [0.15, 0.2) is 53.7 Å². The monoisotopic (exact) mass is 314 g/mol. The van der Waals surface area contributed by atoms with Gasteiger partial charge in [-0.15, -0.1) is 0 Å². The molecule has 0 radical (unpaired) electrons. The van der Waals surface area contributed by atoms with Crippen LogP contribution in [0.1, 0.15) is 5.56 Å². The first-order valence-corrected chi connectivity index (χ1v) is 6.94. The van der Waals surface area contributed by atoms with Gasteiger partial charge in [-0.3, -0.25) is 4.79 Å². The van der Waals surface area contributed by atoms with Gasteiger partial charge in [-0.05, 0) is 24.3 Å². The van der Waals surface area contributed by atoms with E-state index in [1.807, 2.05) is 30.3 Å². The van der Waals surface area contributed by atoms with Gasteiger partial charge in [-0.25, -0.2) is 0 Å². The summed E-state index contributed by atoms with van der Waals surface area (Å²) in [6.45, 7) is 0. The van der Waals surface area contributed by atoms with Crippen LogP contribution in [0.25, 0.3) is 0 Å². The van der Waals surface area contributed by atoms with Crippen LogP contribution in [0.3, 0.4) is 0 Å². The van der Waals surface area contributed by atoms with Crippen molar-refractivity contribution in [1.82, 2.24) is 5.32 Å². The van der Waals surface area contributed by atoms with Crippen molar-refractivity contribution in [3.8, 4) is 17.2 Å². The second kappa shape index (κ2) is 7.84. The summed E-state index contributed by atoms with van der Waals surface area (Å²) in [5.41, 5.74) is 0.485. The molecule has 2 aromatic carbocycles. The normalized spacial score (nSPS) is 10.8. The Labute approximate surface area is 134 Å². The molecule has 0 atom stereocenters. The lowest BCUT2D eigenvalue weighted by molar-refractivity contribution is -0.114. The maximum atomic E-state index is 12.1. The molecule has 0 saturated heterocycles. The summed E-state index contributed by atoms with van der Waals surface area (Å²) in [7, 11) is 4.40. The fourth-order valence-corrected chi connectivity index (χ4v) is 2.03. The number of hydrogen-bond acceptors (Lipinski definition) is 5. The smallest absolute Gasteiger partial charge is 0.273 e. The Hall–Kier alpha value is -3.02. The third-order valence-electron chi connectivity index (χ3n) is 3.04. The van der Waals surface area contributed by atoms with Gasteiger partial charge in [0.1, 0.15) is 24.4 Å². The Morgan fingerprint density at radius 2 is 1.70 bits per heavy atom. The van der Waals surface area contributed by atoms with Crippen LogP contribution in [0.4, 0.5) is 0 Å². The number of hydrogen-bond donors (Lipinski definition) is 1. The molecule has 0 heterocycles. The number of carbonyl (C=O) groups excluding carboxylic acids is 1. The number of nitrogens with zero attached hydrogens (tertiary/aromatic N) is 1. The van der Waals surface area contributed by atoms with E-state index in [1.54, 1.807) is 18.2 Å². The molecule has 1 N–H and O–H groups in total. The molecule has 0 saturated carbocycles. The van der Waals surface area contributed by atoms with E-state index >= 15 is 0 Å². The Morgan fingerprint density at radius 1 is 1.00 bits per heavy atom. The number of amides is 1. The van der Waals surface area contributed by atoms with Crippen molar-refractivity contribution in [2.75, 3.05) is 21.3 Å². The molecule has 23 heavy (non-hydrogen) atoms. The fraction of sp³-hybridized carbons (Fsp3) is 0.176. The Balaban J connectivity index is 2.55. The summed E-state index contributed by atoms with van der Waals surface area (Å²) < 4.78 is 11.2. The van der Waals surface area contributed by atoms with Gasteiger partial charge in [0.25, 0.3) is 5.91 Å². The SMILES string of the molecule is CNC(=O)/C(=N/OC)c1c(OC)cccc1Oc1ccccc1. The van der Waals surface area contributed by atoms with Gasteiger partial charge < -0.3 is 19.6 Å². The largest absolute Gasteiger partial charge is 0.496 e. The quantitative estimate of drug-likeness (QED) is 0.657. The Morgan fingerprint density at radius 3 is 2.30 bits per heavy atom. The van der Waals surface area contributed by atoms with Crippen LogP contribution in [-0.2, 0) is 9.63 Å². The number of carbonyl (C=O) groups is 1. The molecule has 0 aliphatic carbocycles. The number of methoxy groups -OCH3 is 1. The summed E-state index contributed by atoms with van der Waals surface area (Å²) in [5.74, 6) is 1.12. The molecular formula is C17H18N2O4. The van der Waals surface area contributed by atoms with E-state index in [1.165, 1.54) is 21.3 Å². The first-order valence-electron chi connectivity index (χ1n) is 6.94. The van der Waals surface area contributed by atoms with E-state index in [2.05, 4.69) is 10.5 Å². The number of likely N-dealkylation sites (N-methyl/N-ethyl adjacent to an activating group) is 1. The molecule has 0 aliphatic heterocycles. The number of benzene rings is 2. The van der Waals surface area contributed by atoms with Crippen LogP contribution in [0.5, 0.6) is 17.2 Å². The zero-order chi connectivity index (χ0) is 16.7. The van der Waals surface area contributed by atoms with Crippen molar-refractivity contribution >= 4 is 11.6 Å². The van der Waals surface area contributed by atoms with E-state index in [0.717, 1.165) is 0 Å². The highest BCUT2D eigenvalue weighted by atomic mass is 16.6. The number of ether oxygens (including phenoxy) is 2. The number of nitrogens with one attached hydrogen (secondary N) is 1. The number of para-hydroxylation sites is 1. The lowest BCUT2D eigenvalue weighted by Gasteiger charge is -2.15. The summed E-state index contributed by atoms with van der Waals surface area (Å²) in [6.07, 6.45) is 0. The van der Waals surface area contributed by atoms with Gasteiger partial charge >= 0.3 is 0 Å². The lowest BCUT2D eigenvalue weighted by Crippen LogP contribution is -2.29. The zero-order valence-corrected chi connectivity index (χ0v) is 13.2. The van der Waals surface area contributed by atoms with E-state index in [4.69, 9.17) is 14.3 Å². The molecule has 0 bridgehead atoms. The first-order chi connectivity index (χ1) is 11.2. The molecule has 0 unspecified atom stereocenters. The van der Waals surface area contributed by atoms with Gasteiger partial charge in [0, 0.05) is 7.05 Å². The third kappa shape index (κ3) is 3.79. The van der Waals surface area contributed by atoms with E-state index in [0.29, 0.717) is 22.8 Å². The van der Waals surface area contributed by atoms with Gasteiger partial charge in [0.2, 0.25) is 0 Å². The van der Waals surface area contributed by atoms with Crippen LogP contribution < -0.4 is 14.8 Å². The molecule has 6 heteroatoms. The maximum Gasteiger partial charge on any atom is 0.273 e. The lowest BCUT2D eigenvalue weighted by atomic mass is 10.1. The average Bonchev–Trinajstić information content (AvgIpc) is 2.60. The Bertz CT molecular complexity index is 699. The topological polar surface area (TPSA) is 69.2 Å². The molecule has 6 nitrogen and oxygen atoms in total. The minimum atomic E-state index is -0.408. The molecule has 0 fully saturated rings. The van der Waals surface area contributed by atoms with Crippen molar-refractivity contribution in [2.45, 2.75) is 0 Å². The highest BCUT2D eigenvalue weighted by Crippen LogP contribution is 2.32. The minimum absolute atomic E-state index is 0.0679. The number of oxime groups is 1. The van der Waals surface area contributed by atoms with Gasteiger partial charge in [0.05, 0.1) is 12.7 Å². The van der Waals surface area contributed by atoms with Crippen molar-refractivity contribution in [3.05, 3.63) is 54.1 Å². The molecule has 1 amide bonds. The van der Waals surface area contributed by atoms with Crippen LogP contribution in [-0.4, -0.2) is 32.9 Å². The first kappa shape index (κ1) is 16.4. The standard InChI is InChI=1S/C17H18N2O4/c1-18-17(20)16(19-22-3)15-13(21-2)10-7-11-14(15)23-12-8-5-4-6-9-12/h4-11H,1-3H3,(H,18,20)/b19-16+. The molecule has 0 aromatic heterocycles. The predicted molar refractivity (Wildman–Crippen MR) is 87.1 cm³/mol. The van der Waals surface area contributed by atoms with Crippen molar-refractivity contribution in [1.29, 1.82) is 0 Å². The second-order valence-electron chi connectivity index (χ2n) is 4.45. The predicted octanol–water partition coefficient (Wildman–Crippen LogP) is 2.58. The summed E-state index contributed by atoms with van der Waals surface area (Å²) in [6, 6.07) is 14.5. The van der Waals surface area contributed by atoms with Crippen LogP contribution in [0, 0.1) is 0 Å². The third-order valence-corrected chi connectivity index (χ3v) is 3.04. The zero-order valence-electron chi connectivity index (χ0n) is 13.2. The molecule has 0 spiro atoms. The highest BCUT2D eigenvalue weighted by Gasteiger charge is 2.23. The van der Waals surface area contributed by atoms with E-state index in [9.17, 15) is 4.79 Å². The van der Waals surface area contributed by atoms with Gasteiger partial charge in [-0.1, -0.05) is 29.4 Å². The average molecular weight is 314 g/mol.